The fourth-order valence-corrected chi connectivity index (χ4v) is 3.90. The molecule has 4 aromatic rings. The first-order valence-corrected chi connectivity index (χ1v) is 9.70. The quantitative estimate of drug-likeness (QED) is 0.522. The number of aromatic nitrogens is 3. The summed E-state index contributed by atoms with van der Waals surface area (Å²) in [5.41, 5.74) is 5.45. The molecule has 0 unspecified atom stereocenters. The van der Waals surface area contributed by atoms with Crippen LogP contribution in [0.25, 0.3) is 33.2 Å². The number of H-pyrrole nitrogens is 2. The van der Waals surface area contributed by atoms with Crippen LogP contribution in [-0.2, 0) is 16.0 Å². The normalized spacial score (nSPS) is 15.2. The second kappa shape index (κ2) is 7.35. The Morgan fingerprint density at radius 2 is 2.00 bits per heavy atom. The van der Waals surface area contributed by atoms with Gasteiger partial charge in [0.15, 0.2) is 0 Å². The molecule has 3 heterocycles. The first-order valence-electron chi connectivity index (χ1n) is 9.70. The lowest BCUT2D eigenvalue weighted by atomic mass is 10.1. The lowest BCUT2D eigenvalue weighted by molar-refractivity contribution is 0.0342. The van der Waals surface area contributed by atoms with Crippen LogP contribution in [0.15, 0.2) is 42.5 Å². The molecule has 2 N–H and O–H groups in total. The van der Waals surface area contributed by atoms with E-state index in [1.165, 1.54) is 12.7 Å². The van der Waals surface area contributed by atoms with Crippen LogP contribution < -0.4 is 0 Å². The Balaban J connectivity index is 1.46. The molecule has 0 saturated carbocycles. The maximum absolute atomic E-state index is 11.8. The minimum Gasteiger partial charge on any atom is -0.465 e. The molecule has 1 aliphatic rings. The van der Waals surface area contributed by atoms with Crippen LogP contribution >= 0.6 is 0 Å². The summed E-state index contributed by atoms with van der Waals surface area (Å²) in [5, 5.41) is 9.61. The predicted molar refractivity (Wildman–Crippen MR) is 111 cm³/mol. The van der Waals surface area contributed by atoms with Gasteiger partial charge in [-0.2, -0.15) is 5.10 Å². The Morgan fingerprint density at radius 1 is 1.14 bits per heavy atom. The Hall–Kier alpha value is -3.16. The summed E-state index contributed by atoms with van der Waals surface area (Å²) in [7, 11) is 1.38. The molecule has 2 aromatic carbocycles. The van der Waals surface area contributed by atoms with E-state index >= 15 is 0 Å². The Kier molecular flexibility index (Phi) is 4.54. The zero-order valence-corrected chi connectivity index (χ0v) is 16.2. The number of hydrogen-bond donors (Lipinski definition) is 2. The Labute approximate surface area is 167 Å². The van der Waals surface area contributed by atoms with Crippen molar-refractivity contribution >= 4 is 27.8 Å². The highest BCUT2D eigenvalue weighted by atomic mass is 16.5. The first kappa shape index (κ1) is 17.9. The lowest BCUT2D eigenvalue weighted by Gasteiger charge is -2.26. The molecule has 1 saturated heterocycles. The van der Waals surface area contributed by atoms with Crippen molar-refractivity contribution < 1.29 is 14.3 Å². The third kappa shape index (κ3) is 3.39. The highest BCUT2D eigenvalue weighted by Crippen LogP contribution is 2.30. The third-order valence-corrected chi connectivity index (χ3v) is 5.43. The van der Waals surface area contributed by atoms with Gasteiger partial charge in [-0.3, -0.25) is 10.00 Å². The van der Waals surface area contributed by atoms with Crippen molar-refractivity contribution in [2.45, 2.75) is 6.54 Å². The lowest BCUT2D eigenvalue weighted by Crippen LogP contribution is -2.35. The van der Waals surface area contributed by atoms with Crippen LogP contribution in [0, 0.1) is 0 Å². The van der Waals surface area contributed by atoms with Crippen LogP contribution in [-0.4, -0.2) is 59.5 Å². The number of nitrogens with one attached hydrogen (secondary N) is 2. The molecular formula is C22H22N4O3. The van der Waals surface area contributed by atoms with Crippen LogP contribution in [0.2, 0.25) is 0 Å². The molecule has 148 valence electrons. The smallest absolute Gasteiger partial charge is 0.337 e. The van der Waals surface area contributed by atoms with E-state index in [1.54, 1.807) is 12.1 Å². The van der Waals surface area contributed by atoms with Gasteiger partial charge in [0.05, 0.1) is 37.1 Å². The third-order valence-electron chi connectivity index (χ3n) is 5.43. The van der Waals surface area contributed by atoms with Crippen molar-refractivity contribution in [2.24, 2.45) is 0 Å². The van der Waals surface area contributed by atoms with E-state index in [-0.39, 0.29) is 5.97 Å². The Morgan fingerprint density at radius 3 is 2.83 bits per heavy atom. The molecule has 0 spiro atoms. The number of carbonyl (C=O) groups excluding carboxylic acids is 1. The molecule has 1 fully saturated rings. The molecule has 5 rings (SSSR count). The molecule has 2 aromatic heterocycles. The number of benzene rings is 2. The van der Waals surface area contributed by atoms with E-state index in [0.29, 0.717) is 5.56 Å². The van der Waals surface area contributed by atoms with Gasteiger partial charge in [-0.15, -0.1) is 0 Å². The number of methoxy groups -OCH3 is 1. The van der Waals surface area contributed by atoms with Gasteiger partial charge in [-0.05, 0) is 42.0 Å². The first-order chi connectivity index (χ1) is 14.2. The van der Waals surface area contributed by atoms with E-state index in [9.17, 15) is 4.79 Å². The van der Waals surface area contributed by atoms with Gasteiger partial charge in [0.2, 0.25) is 0 Å². The molecule has 0 bridgehead atoms. The SMILES string of the molecule is COC(=O)c1ccc2c(-c3cc4cc(CN5CCOCC5)ccc4[nH]3)n[nH]c2c1. The van der Waals surface area contributed by atoms with Crippen LogP contribution in [0.4, 0.5) is 0 Å². The number of carbonyl (C=O) groups is 1. The minimum absolute atomic E-state index is 0.360. The van der Waals surface area contributed by atoms with Gasteiger partial charge in [0.1, 0.15) is 5.69 Å². The van der Waals surface area contributed by atoms with Gasteiger partial charge >= 0.3 is 5.97 Å². The summed E-state index contributed by atoms with van der Waals surface area (Å²) in [6.45, 7) is 4.49. The van der Waals surface area contributed by atoms with E-state index in [0.717, 1.165) is 66.0 Å². The van der Waals surface area contributed by atoms with E-state index < -0.39 is 0 Å². The predicted octanol–water partition coefficient (Wildman–Crippen LogP) is 3.33. The summed E-state index contributed by atoms with van der Waals surface area (Å²) >= 11 is 0. The second-order valence-electron chi connectivity index (χ2n) is 7.32. The van der Waals surface area contributed by atoms with Crippen LogP contribution in [0.1, 0.15) is 15.9 Å². The molecule has 0 atom stereocenters. The van der Waals surface area contributed by atoms with Crippen molar-refractivity contribution in [1.82, 2.24) is 20.1 Å². The zero-order chi connectivity index (χ0) is 19.8. The number of ether oxygens (including phenoxy) is 2. The maximum atomic E-state index is 11.8. The van der Waals surface area contributed by atoms with Crippen molar-refractivity contribution in [2.75, 3.05) is 33.4 Å². The van der Waals surface area contributed by atoms with Crippen molar-refractivity contribution in [1.29, 1.82) is 0 Å². The van der Waals surface area contributed by atoms with Gasteiger partial charge in [-0.1, -0.05) is 6.07 Å². The van der Waals surface area contributed by atoms with Crippen molar-refractivity contribution in [3.05, 3.63) is 53.6 Å². The van der Waals surface area contributed by atoms with Gasteiger partial charge < -0.3 is 14.5 Å². The minimum atomic E-state index is -0.360. The summed E-state index contributed by atoms with van der Waals surface area (Å²) in [5.74, 6) is -0.360. The fraction of sp³-hybridized carbons (Fsp3) is 0.273. The van der Waals surface area contributed by atoms with Gasteiger partial charge in [0, 0.05) is 35.9 Å². The summed E-state index contributed by atoms with van der Waals surface area (Å²) in [6, 6.07) is 14.1. The number of nitrogens with zero attached hydrogens (tertiary/aromatic N) is 2. The topological polar surface area (TPSA) is 83.2 Å². The molecule has 0 radical (unpaired) electrons. The summed E-state index contributed by atoms with van der Waals surface area (Å²) in [4.78, 5) is 17.6. The van der Waals surface area contributed by atoms with Crippen molar-refractivity contribution in [3.63, 3.8) is 0 Å². The number of fused-ring (bicyclic) bond motifs is 2. The molecule has 7 heteroatoms. The average molecular weight is 390 g/mol. The molecule has 0 aliphatic carbocycles. The van der Waals surface area contributed by atoms with Gasteiger partial charge in [0.25, 0.3) is 0 Å². The largest absolute Gasteiger partial charge is 0.465 e. The number of hydrogen-bond acceptors (Lipinski definition) is 5. The van der Waals surface area contributed by atoms with Crippen LogP contribution in [0.3, 0.4) is 0 Å². The summed E-state index contributed by atoms with van der Waals surface area (Å²) < 4.78 is 10.2. The maximum Gasteiger partial charge on any atom is 0.337 e. The molecule has 0 amide bonds. The number of rotatable bonds is 4. The van der Waals surface area contributed by atoms with Crippen molar-refractivity contribution in [3.8, 4) is 11.4 Å². The highest BCUT2D eigenvalue weighted by Gasteiger charge is 2.15. The van der Waals surface area contributed by atoms with E-state index in [1.807, 2.05) is 6.07 Å². The number of esters is 1. The molecule has 29 heavy (non-hydrogen) atoms. The number of aromatic amines is 2. The molecule has 1 aliphatic heterocycles. The fourth-order valence-electron chi connectivity index (χ4n) is 3.90. The van der Waals surface area contributed by atoms with Crippen LogP contribution in [0.5, 0.6) is 0 Å². The van der Waals surface area contributed by atoms with E-state index in [2.05, 4.69) is 44.3 Å². The summed E-state index contributed by atoms with van der Waals surface area (Å²) in [6.07, 6.45) is 0. The standard InChI is InChI=1S/C22H22N4O3/c1-28-22(27)15-3-4-17-19(11-15)24-25-21(17)20-12-16-10-14(2-5-18(16)23-20)13-26-6-8-29-9-7-26/h2-5,10-12,23H,6-9,13H2,1H3,(H,24,25). The molecule has 7 nitrogen and oxygen atoms in total. The Bertz CT molecular complexity index is 1190. The zero-order valence-electron chi connectivity index (χ0n) is 16.2. The monoisotopic (exact) mass is 390 g/mol. The average Bonchev–Trinajstić information content (AvgIpc) is 3.36. The second-order valence-corrected chi connectivity index (χ2v) is 7.32. The van der Waals surface area contributed by atoms with E-state index in [4.69, 9.17) is 9.47 Å². The number of morpholine rings is 1. The molecular weight excluding hydrogens is 368 g/mol. The van der Waals surface area contributed by atoms with Gasteiger partial charge in [-0.25, -0.2) is 4.79 Å². The highest BCUT2D eigenvalue weighted by molar-refractivity contribution is 5.99.